The normalized spacial score (nSPS) is 11.2. The molecule has 0 bridgehead atoms. The lowest BCUT2D eigenvalue weighted by molar-refractivity contribution is 0.0445. The Kier molecular flexibility index (Phi) is 5.40. The first kappa shape index (κ1) is 9.76. The van der Waals surface area contributed by atoms with Crippen LogP contribution in [0.4, 0.5) is 0 Å². The van der Waals surface area contributed by atoms with E-state index in [-0.39, 0.29) is 6.54 Å². The van der Waals surface area contributed by atoms with Crippen molar-refractivity contribution in [3.63, 3.8) is 0 Å². The minimum atomic E-state index is -2.24. The van der Waals surface area contributed by atoms with E-state index in [0.29, 0.717) is 4.58 Å². The molecule has 0 aromatic carbocycles. The Morgan fingerprint density at radius 3 is 2.90 bits per heavy atom. The van der Waals surface area contributed by atoms with Gasteiger partial charge in [0.05, 0.1) is 13.2 Å². The van der Waals surface area contributed by atoms with Crippen LogP contribution in [0, 0.1) is 11.3 Å². The standard InChI is InChI=1S/C3H5ClN2O3P/c1-8-10(7)9-6(4)3-2-5/h3H2,1H3/q+1. The molecule has 0 heterocycles. The van der Waals surface area contributed by atoms with E-state index in [0.717, 1.165) is 0 Å². The maximum Gasteiger partial charge on any atom is 0.717 e. The summed E-state index contributed by atoms with van der Waals surface area (Å²) < 4.78 is 19.5. The second kappa shape index (κ2) is 5.54. The summed E-state index contributed by atoms with van der Waals surface area (Å²) in [4.78, 5) is 0. The largest absolute Gasteiger partial charge is 0.717 e. The Balaban J connectivity index is 3.49. The van der Waals surface area contributed by atoms with Gasteiger partial charge in [-0.2, -0.15) is 5.26 Å². The topological polar surface area (TPSA) is 62.6 Å². The molecule has 0 radical (unpaired) electrons. The van der Waals surface area contributed by atoms with Gasteiger partial charge in [0.25, 0.3) is 0 Å². The fraction of sp³-hybridized carbons (Fsp3) is 0.667. The van der Waals surface area contributed by atoms with E-state index in [1.165, 1.54) is 7.11 Å². The maximum absolute atomic E-state index is 10.4. The molecule has 0 aliphatic heterocycles. The van der Waals surface area contributed by atoms with Crippen LogP contribution in [-0.4, -0.2) is 18.2 Å². The third-order valence-electron chi connectivity index (χ3n) is 0.499. The summed E-state index contributed by atoms with van der Waals surface area (Å²) in [5.41, 5.74) is 0. The molecule has 0 aliphatic carbocycles. The first-order valence-electron chi connectivity index (χ1n) is 2.20. The van der Waals surface area contributed by atoms with E-state index >= 15 is 0 Å². The van der Waals surface area contributed by atoms with Crippen LogP contribution in [0.25, 0.3) is 0 Å². The molecule has 0 spiro atoms. The Morgan fingerprint density at radius 1 is 1.90 bits per heavy atom. The van der Waals surface area contributed by atoms with E-state index in [4.69, 9.17) is 17.0 Å². The molecule has 0 saturated carbocycles. The van der Waals surface area contributed by atoms with Crippen LogP contribution in [-0.2, 0) is 13.7 Å². The number of hydroxylamine groups is 1. The zero-order chi connectivity index (χ0) is 7.98. The second-order valence-corrected chi connectivity index (χ2v) is 2.47. The molecule has 7 heteroatoms. The lowest BCUT2D eigenvalue weighted by Gasteiger charge is -1.94. The van der Waals surface area contributed by atoms with E-state index in [2.05, 4.69) is 9.15 Å². The highest BCUT2D eigenvalue weighted by molar-refractivity contribution is 7.33. The maximum atomic E-state index is 10.4. The van der Waals surface area contributed by atoms with E-state index in [1.54, 1.807) is 6.07 Å². The predicted molar refractivity (Wildman–Crippen MR) is 33.9 cm³/mol. The molecule has 0 aromatic rings. The highest BCUT2D eigenvalue weighted by Crippen LogP contribution is 2.24. The molecule has 0 saturated heterocycles. The van der Waals surface area contributed by atoms with Crippen LogP contribution < -0.4 is 0 Å². The van der Waals surface area contributed by atoms with Crippen LogP contribution in [0.5, 0.6) is 0 Å². The highest BCUT2D eigenvalue weighted by atomic mass is 35.5. The van der Waals surface area contributed by atoms with Gasteiger partial charge in [0.15, 0.2) is 0 Å². The SMILES string of the molecule is CO[P+](=O)ON(Cl)CC#N. The van der Waals surface area contributed by atoms with Gasteiger partial charge < -0.3 is 0 Å². The number of halogens is 1. The second-order valence-electron chi connectivity index (χ2n) is 1.12. The zero-order valence-corrected chi connectivity index (χ0v) is 6.80. The van der Waals surface area contributed by atoms with Gasteiger partial charge >= 0.3 is 8.25 Å². The van der Waals surface area contributed by atoms with Gasteiger partial charge in [-0.25, -0.2) is 0 Å². The highest BCUT2D eigenvalue weighted by Gasteiger charge is 2.22. The quantitative estimate of drug-likeness (QED) is 0.284. The van der Waals surface area contributed by atoms with Crippen LogP contribution >= 0.6 is 20.0 Å². The van der Waals surface area contributed by atoms with Crippen molar-refractivity contribution in [1.82, 2.24) is 4.58 Å². The van der Waals surface area contributed by atoms with Gasteiger partial charge in [-0.15, -0.1) is 4.52 Å². The summed E-state index contributed by atoms with van der Waals surface area (Å²) in [6.07, 6.45) is 0. The van der Waals surface area contributed by atoms with Crippen molar-refractivity contribution in [2.75, 3.05) is 13.7 Å². The number of nitriles is 1. The Bertz CT molecular complexity index is 158. The average molecular weight is 184 g/mol. The first-order valence-corrected chi connectivity index (χ1v) is 3.63. The smallest absolute Gasteiger partial charge is 0.197 e. The van der Waals surface area contributed by atoms with Crippen molar-refractivity contribution in [3.8, 4) is 6.07 Å². The van der Waals surface area contributed by atoms with Crippen molar-refractivity contribution < 1.29 is 13.7 Å². The molecule has 1 atom stereocenters. The Hall–Kier alpha value is -0.240. The summed E-state index contributed by atoms with van der Waals surface area (Å²) >= 11 is 5.18. The molecule has 0 rings (SSSR count). The molecule has 0 aliphatic rings. The predicted octanol–water partition coefficient (Wildman–Crippen LogP) is 1.20. The van der Waals surface area contributed by atoms with Crippen LogP contribution in [0.2, 0.25) is 0 Å². The van der Waals surface area contributed by atoms with Crippen LogP contribution in [0.3, 0.4) is 0 Å². The summed E-state index contributed by atoms with van der Waals surface area (Å²) in [5.74, 6) is 0. The molecule has 0 N–H and O–H groups in total. The van der Waals surface area contributed by atoms with Gasteiger partial charge in [0.1, 0.15) is 6.54 Å². The molecule has 0 fully saturated rings. The molecule has 10 heavy (non-hydrogen) atoms. The van der Waals surface area contributed by atoms with E-state index in [1.807, 2.05) is 0 Å². The minimum Gasteiger partial charge on any atom is -0.197 e. The third-order valence-corrected chi connectivity index (χ3v) is 1.41. The van der Waals surface area contributed by atoms with Gasteiger partial charge in [0.2, 0.25) is 0 Å². The van der Waals surface area contributed by atoms with Crippen molar-refractivity contribution in [2.45, 2.75) is 0 Å². The Labute approximate surface area is 64.1 Å². The number of nitrogens with zero attached hydrogens (tertiary/aromatic N) is 2. The fourth-order valence-corrected chi connectivity index (χ4v) is 0.664. The van der Waals surface area contributed by atoms with E-state index < -0.39 is 8.25 Å². The molecular weight excluding hydrogens is 178 g/mol. The van der Waals surface area contributed by atoms with Crippen LogP contribution in [0.1, 0.15) is 0 Å². The fourth-order valence-electron chi connectivity index (χ4n) is 0.190. The molecule has 5 nitrogen and oxygen atoms in total. The summed E-state index contributed by atoms with van der Waals surface area (Å²) in [6, 6.07) is 1.68. The number of rotatable bonds is 4. The van der Waals surface area contributed by atoms with Gasteiger partial charge in [-0.05, 0) is 9.21 Å². The van der Waals surface area contributed by atoms with Gasteiger partial charge in [-0.3, -0.25) is 0 Å². The van der Waals surface area contributed by atoms with Crippen molar-refractivity contribution in [2.24, 2.45) is 0 Å². The van der Waals surface area contributed by atoms with Gasteiger partial charge in [-0.1, -0.05) is 0 Å². The van der Waals surface area contributed by atoms with Crippen LogP contribution in [0.15, 0.2) is 0 Å². The summed E-state index contributed by atoms with van der Waals surface area (Å²) in [5, 5.41) is 8.03. The van der Waals surface area contributed by atoms with E-state index in [9.17, 15) is 4.57 Å². The minimum absolute atomic E-state index is 0.175. The lowest BCUT2D eigenvalue weighted by Crippen LogP contribution is -2.08. The van der Waals surface area contributed by atoms with Crippen molar-refractivity contribution in [3.05, 3.63) is 0 Å². The molecule has 0 amide bonds. The number of hydrogen-bond donors (Lipinski definition) is 0. The molecular formula is C3H5ClN2O3P+. The summed E-state index contributed by atoms with van der Waals surface area (Å²) in [7, 11) is -1.03. The van der Waals surface area contributed by atoms with Gasteiger partial charge in [0, 0.05) is 16.3 Å². The average Bonchev–Trinajstić information content (AvgIpc) is 1.88. The number of hydrogen-bond acceptors (Lipinski definition) is 5. The third kappa shape index (κ3) is 4.62. The van der Waals surface area contributed by atoms with Crippen molar-refractivity contribution >= 4 is 20.0 Å². The monoisotopic (exact) mass is 183 g/mol. The van der Waals surface area contributed by atoms with Crippen molar-refractivity contribution in [1.29, 1.82) is 5.26 Å². The zero-order valence-electron chi connectivity index (χ0n) is 5.15. The summed E-state index contributed by atoms with van der Waals surface area (Å²) in [6.45, 7) is -0.175. The molecule has 1 unspecified atom stereocenters. The Morgan fingerprint density at radius 2 is 2.50 bits per heavy atom. The molecule has 56 valence electrons. The first-order chi connectivity index (χ1) is 4.70. The molecule has 0 aromatic heterocycles. The lowest BCUT2D eigenvalue weighted by atomic mass is 10.8.